The van der Waals surface area contributed by atoms with Gasteiger partial charge in [-0.1, -0.05) is 19.4 Å². The van der Waals surface area contributed by atoms with E-state index in [0.717, 1.165) is 0 Å². The van der Waals surface area contributed by atoms with Crippen molar-refractivity contribution in [2.75, 3.05) is 19.8 Å². The molecule has 0 unspecified atom stereocenters. The monoisotopic (exact) mass is 430 g/mol. The summed E-state index contributed by atoms with van der Waals surface area (Å²) in [5.74, 6) is -2.78. The molecular formula is C22H29F3O5. The lowest BCUT2D eigenvalue weighted by Crippen LogP contribution is -2.47. The largest absolute Gasteiger partial charge is 0.491 e. The Morgan fingerprint density at radius 3 is 2.37 bits per heavy atom. The van der Waals surface area contributed by atoms with E-state index in [4.69, 9.17) is 18.9 Å². The first-order valence-corrected chi connectivity index (χ1v) is 10.6. The maximum absolute atomic E-state index is 14.4. The van der Waals surface area contributed by atoms with E-state index >= 15 is 0 Å². The Bertz CT molecular complexity index is 726. The van der Waals surface area contributed by atoms with E-state index in [2.05, 4.69) is 0 Å². The summed E-state index contributed by atoms with van der Waals surface area (Å²) in [6.07, 6.45) is 1.52. The highest BCUT2D eigenvalue weighted by Gasteiger charge is 2.40. The van der Waals surface area contributed by atoms with E-state index in [9.17, 15) is 18.0 Å². The average Bonchev–Trinajstić information content (AvgIpc) is 2.73. The molecule has 2 fully saturated rings. The van der Waals surface area contributed by atoms with Crippen molar-refractivity contribution >= 4 is 5.97 Å². The Balaban J connectivity index is 1.49. The smallest absolute Gasteiger partial charge is 0.363 e. The second kappa shape index (κ2) is 10.0. The van der Waals surface area contributed by atoms with Gasteiger partial charge in [0.15, 0.2) is 17.2 Å². The van der Waals surface area contributed by atoms with Gasteiger partial charge in [-0.2, -0.15) is 4.39 Å². The third-order valence-electron chi connectivity index (χ3n) is 5.65. The SMILES string of the molecule is CCCC1(F)COC(C(=O)OC2CCC(c3ccc(OCC)c(F)c3F)CC2)OC1. The van der Waals surface area contributed by atoms with Gasteiger partial charge in [0.1, 0.15) is 6.10 Å². The minimum atomic E-state index is -1.57. The molecular weight excluding hydrogens is 401 g/mol. The molecule has 1 aliphatic carbocycles. The van der Waals surface area contributed by atoms with Crippen LogP contribution < -0.4 is 4.74 Å². The van der Waals surface area contributed by atoms with Crippen LogP contribution in [-0.4, -0.2) is 43.9 Å². The normalized spacial score (nSPS) is 29.4. The van der Waals surface area contributed by atoms with E-state index in [1.54, 1.807) is 13.0 Å². The fraction of sp³-hybridized carbons (Fsp3) is 0.682. The van der Waals surface area contributed by atoms with E-state index < -0.39 is 29.6 Å². The molecule has 5 nitrogen and oxygen atoms in total. The zero-order chi connectivity index (χ0) is 21.7. The van der Waals surface area contributed by atoms with Crippen LogP contribution in [-0.2, 0) is 19.0 Å². The number of benzene rings is 1. The molecule has 0 atom stereocenters. The molecule has 0 bridgehead atoms. The molecule has 1 aliphatic heterocycles. The van der Waals surface area contributed by atoms with Crippen molar-refractivity contribution in [1.29, 1.82) is 0 Å². The summed E-state index contributed by atoms with van der Waals surface area (Å²) in [7, 11) is 0. The average molecular weight is 430 g/mol. The third kappa shape index (κ3) is 5.27. The van der Waals surface area contributed by atoms with E-state index in [0.29, 0.717) is 44.1 Å². The zero-order valence-corrected chi connectivity index (χ0v) is 17.4. The highest BCUT2D eigenvalue weighted by Crippen LogP contribution is 2.37. The maximum Gasteiger partial charge on any atom is 0.363 e. The van der Waals surface area contributed by atoms with Gasteiger partial charge in [-0.05, 0) is 56.6 Å². The Hall–Kier alpha value is -1.80. The second-order valence-corrected chi connectivity index (χ2v) is 7.98. The fourth-order valence-electron chi connectivity index (χ4n) is 4.11. The topological polar surface area (TPSA) is 54.0 Å². The molecule has 2 aliphatic rings. The minimum Gasteiger partial charge on any atom is -0.491 e. The molecule has 3 rings (SSSR count). The Morgan fingerprint density at radius 1 is 1.10 bits per heavy atom. The van der Waals surface area contributed by atoms with Crippen LogP contribution >= 0.6 is 0 Å². The molecule has 8 heteroatoms. The zero-order valence-electron chi connectivity index (χ0n) is 17.4. The number of carbonyl (C=O) groups excluding carboxylic acids is 1. The third-order valence-corrected chi connectivity index (χ3v) is 5.65. The van der Waals surface area contributed by atoms with Gasteiger partial charge in [0.25, 0.3) is 6.29 Å². The number of rotatable bonds is 7. The number of ether oxygens (including phenoxy) is 4. The number of esters is 1. The quantitative estimate of drug-likeness (QED) is 0.581. The first-order valence-electron chi connectivity index (χ1n) is 10.6. The molecule has 1 saturated carbocycles. The first-order chi connectivity index (χ1) is 14.4. The highest BCUT2D eigenvalue weighted by atomic mass is 19.2. The van der Waals surface area contributed by atoms with Gasteiger partial charge in [0.05, 0.1) is 19.8 Å². The molecule has 0 amide bonds. The fourth-order valence-corrected chi connectivity index (χ4v) is 4.11. The number of carbonyl (C=O) groups is 1. The van der Waals surface area contributed by atoms with Gasteiger partial charge >= 0.3 is 5.97 Å². The highest BCUT2D eigenvalue weighted by molar-refractivity contribution is 5.73. The lowest BCUT2D eigenvalue weighted by atomic mass is 9.82. The molecule has 0 radical (unpaired) electrons. The van der Waals surface area contributed by atoms with Crippen molar-refractivity contribution < 1.29 is 36.9 Å². The number of hydrogen-bond acceptors (Lipinski definition) is 5. The van der Waals surface area contributed by atoms with Crippen LogP contribution in [0, 0.1) is 11.6 Å². The molecule has 1 saturated heterocycles. The van der Waals surface area contributed by atoms with Crippen LogP contribution in [0.2, 0.25) is 0 Å². The number of hydrogen-bond donors (Lipinski definition) is 0. The maximum atomic E-state index is 14.4. The van der Waals surface area contributed by atoms with Gasteiger partial charge in [0, 0.05) is 0 Å². The van der Waals surface area contributed by atoms with Crippen molar-refractivity contribution in [2.45, 2.75) is 76.4 Å². The van der Waals surface area contributed by atoms with Crippen molar-refractivity contribution in [1.82, 2.24) is 0 Å². The Morgan fingerprint density at radius 2 is 1.77 bits per heavy atom. The summed E-state index contributed by atoms with van der Waals surface area (Å²) in [4.78, 5) is 12.3. The van der Waals surface area contributed by atoms with Crippen molar-refractivity contribution in [2.24, 2.45) is 0 Å². The van der Waals surface area contributed by atoms with Crippen LogP contribution in [0.15, 0.2) is 12.1 Å². The molecule has 0 aromatic heterocycles. The van der Waals surface area contributed by atoms with Crippen molar-refractivity contribution in [3.8, 4) is 5.75 Å². The minimum absolute atomic E-state index is 0.0925. The molecule has 0 spiro atoms. The summed E-state index contributed by atoms with van der Waals surface area (Å²) >= 11 is 0. The van der Waals surface area contributed by atoms with Crippen molar-refractivity contribution in [3.05, 3.63) is 29.3 Å². The lowest BCUT2D eigenvalue weighted by Gasteiger charge is -2.34. The molecule has 1 heterocycles. The summed E-state index contributed by atoms with van der Waals surface area (Å²) in [6.45, 7) is 3.43. The Kier molecular flexibility index (Phi) is 7.63. The molecule has 168 valence electrons. The van der Waals surface area contributed by atoms with Crippen molar-refractivity contribution in [3.63, 3.8) is 0 Å². The van der Waals surface area contributed by atoms with Crippen LogP contribution in [0.3, 0.4) is 0 Å². The van der Waals surface area contributed by atoms with Gasteiger partial charge in [-0.25, -0.2) is 13.6 Å². The van der Waals surface area contributed by atoms with Gasteiger partial charge in [0.2, 0.25) is 5.82 Å². The molecule has 30 heavy (non-hydrogen) atoms. The summed E-state index contributed by atoms with van der Waals surface area (Å²) in [5, 5.41) is 0. The molecule has 1 aromatic carbocycles. The van der Waals surface area contributed by atoms with Gasteiger partial charge < -0.3 is 18.9 Å². The lowest BCUT2D eigenvalue weighted by molar-refractivity contribution is -0.245. The van der Waals surface area contributed by atoms with E-state index in [1.807, 2.05) is 6.92 Å². The predicted octanol–water partition coefficient (Wildman–Crippen LogP) is 4.81. The predicted molar refractivity (Wildman–Crippen MR) is 103 cm³/mol. The summed E-state index contributed by atoms with van der Waals surface area (Å²) < 4.78 is 63.9. The van der Waals surface area contributed by atoms with Gasteiger partial charge in [-0.15, -0.1) is 0 Å². The molecule has 1 aromatic rings. The number of halogens is 3. The number of alkyl halides is 1. The van der Waals surface area contributed by atoms with Crippen LogP contribution in [0.5, 0.6) is 5.75 Å². The first kappa shape index (κ1) is 22.9. The van der Waals surface area contributed by atoms with Gasteiger partial charge in [-0.3, -0.25) is 0 Å². The standard InChI is InChI=1S/C22H29F3O5/c1-3-11-22(25)12-28-21(29-13-22)20(26)30-15-7-5-14(6-8-15)16-9-10-17(27-4-2)19(24)18(16)23/h9-10,14-15,21H,3-8,11-13H2,1-2H3. The van der Waals surface area contributed by atoms with Crippen LogP contribution in [0.1, 0.15) is 63.9 Å². The second-order valence-electron chi connectivity index (χ2n) is 7.98. The van der Waals surface area contributed by atoms with E-state index in [-0.39, 0.29) is 37.6 Å². The van der Waals surface area contributed by atoms with Crippen LogP contribution in [0.25, 0.3) is 0 Å². The summed E-state index contributed by atoms with van der Waals surface area (Å²) in [6, 6.07) is 3.01. The molecule has 0 N–H and O–H groups in total. The van der Waals surface area contributed by atoms with Crippen LogP contribution in [0.4, 0.5) is 13.2 Å². The Labute approximate surface area is 174 Å². The van der Waals surface area contributed by atoms with E-state index in [1.165, 1.54) is 6.07 Å². The summed E-state index contributed by atoms with van der Waals surface area (Å²) in [5.41, 5.74) is -1.25.